The van der Waals surface area contributed by atoms with Gasteiger partial charge in [0.05, 0.1) is 0 Å². The van der Waals surface area contributed by atoms with Crippen LogP contribution in [0.3, 0.4) is 0 Å². The average Bonchev–Trinajstić information content (AvgIpc) is 2.46. The molecule has 21 heavy (non-hydrogen) atoms. The molecule has 1 atom stereocenters. The normalized spacial score (nSPS) is 21.6. The zero-order valence-electron chi connectivity index (χ0n) is 11.9. The van der Waals surface area contributed by atoms with Gasteiger partial charge in [-0.15, -0.1) is 0 Å². The van der Waals surface area contributed by atoms with Crippen molar-refractivity contribution in [3.05, 3.63) is 53.9 Å². The predicted molar refractivity (Wildman–Crippen MR) is 81.3 cm³/mol. The lowest BCUT2D eigenvalue weighted by Crippen LogP contribution is -2.51. The van der Waals surface area contributed by atoms with Crippen LogP contribution in [0, 0.1) is 5.82 Å². The Balaban J connectivity index is 1.55. The van der Waals surface area contributed by atoms with Crippen molar-refractivity contribution in [3.63, 3.8) is 0 Å². The minimum atomic E-state index is -0.212. The number of allylic oxidation sites excluding steroid dienone is 1. The molecule has 2 amide bonds. The quantitative estimate of drug-likeness (QED) is 0.831. The molecule has 1 aromatic carbocycles. The van der Waals surface area contributed by atoms with E-state index in [1.54, 1.807) is 4.90 Å². The maximum Gasteiger partial charge on any atom is 0.318 e. The maximum absolute atomic E-state index is 12.9. The van der Waals surface area contributed by atoms with Crippen molar-refractivity contribution >= 4 is 11.6 Å². The smallest absolute Gasteiger partial charge is 0.318 e. The largest absolute Gasteiger partial charge is 0.335 e. The minimum Gasteiger partial charge on any atom is -0.335 e. The first-order valence-electron chi connectivity index (χ1n) is 7.29. The molecule has 1 heterocycles. The predicted octanol–water partition coefficient (Wildman–Crippen LogP) is 3.34. The van der Waals surface area contributed by atoms with E-state index in [4.69, 9.17) is 0 Å². The van der Waals surface area contributed by atoms with Crippen molar-refractivity contribution in [2.24, 2.45) is 0 Å². The van der Waals surface area contributed by atoms with E-state index in [1.165, 1.54) is 17.7 Å². The van der Waals surface area contributed by atoms with Gasteiger partial charge >= 0.3 is 6.03 Å². The van der Waals surface area contributed by atoms with Gasteiger partial charge in [0, 0.05) is 19.1 Å². The number of hydrogen-bond acceptors (Lipinski definition) is 1. The Bertz CT molecular complexity index is 583. The van der Waals surface area contributed by atoms with E-state index < -0.39 is 0 Å². The van der Waals surface area contributed by atoms with Crippen LogP contribution in [0.1, 0.15) is 24.8 Å². The van der Waals surface area contributed by atoms with Gasteiger partial charge in [0.2, 0.25) is 0 Å². The highest BCUT2D eigenvalue weighted by molar-refractivity contribution is 5.77. The Morgan fingerprint density at radius 1 is 1.29 bits per heavy atom. The van der Waals surface area contributed by atoms with Gasteiger partial charge in [-0.05, 0) is 48.1 Å². The number of nitrogens with zero attached hydrogens (tertiary/aromatic N) is 1. The third kappa shape index (κ3) is 3.15. The molecule has 0 spiro atoms. The maximum atomic E-state index is 12.9. The fourth-order valence-electron chi connectivity index (χ4n) is 2.79. The third-order valence-corrected chi connectivity index (χ3v) is 4.07. The van der Waals surface area contributed by atoms with Crippen LogP contribution >= 0.6 is 0 Å². The Morgan fingerprint density at radius 2 is 2.00 bits per heavy atom. The summed E-state index contributed by atoms with van der Waals surface area (Å²) in [5.41, 5.74) is 3.41. The van der Waals surface area contributed by atoms with Crippen LogP contribution in [0.25, 0.3) is 5.57 Å². The van der Waals surface area contributed by atoms with Crippen LogP contribution in [0.4, 0.5) is 9.18 Å². The number of hydrogen-bond donors (Lipinski definition) is 1. The molecule has 1 unspecified atom stereocenters. The van der Waals surface area contributed by atoms with Gasteiger partial charge < -0.3 is 10.2 Å². The Kier molecular flexibility index (Phi) is 3.78. The molecule has 1 fully saturated rings. The van der Waals surface area contributed by atoms with Gasteiger partial charge in [-0.2, -0.15) is 0 Å². The van der Waals surface area contributed by atoms with Crippen LogP contribution in [0.15, 0.2) is 42.5 Å². The number of benzene rings is 1. The lowest BCUT2D eigenvalue weighted by atomic mass is 9.91. The van der Waals surface area contributed by atoms with Crippen LogP contribution in [-0.2, 0) is 0 Å². The number of carbonyl (C=O) groups is 1. The number of halogens is 1. The second kappa shape index (κ2) is 5.72. The van der Waals surface area contributed by atoms with E-state index in [1.807, 2.05) is 12.1 Å². The lowest BCUT2D eigenvalue weighted by molar-refractivity contribution is 0.186. The van der Waals surface area contributed by atoms with E-state index in [-0.39, 0.29) is 17.9 Å². The van der Waals surface area contributed by atoms with E-state index in [9.17, 15) is 9.18 Å². The molecule has 110 valence electrons. The zero-order chi connectivity index (χ0) is 14.8. The first kappa shape index (κ1) is 13.9. The second-order valence-electron chi connectivity index (χ2n) is 5.76. The molecule has 0 bridgehead atoms. The molecule has 1 aliphatic heterocycles. The molecule has 2 aliphatic rings. The minimum absolute atomic E-state index is 0.00559. The second-order valence-corrected chi connectivity index (χ2v) is 5.76. The molecule has 3 rings (SSSR count). The average molecular weight is 286 g/mol. The lowest BCUT2D eigenvalue weighted by Gasteiger charge is -2.35. The summed E-state index contributed by atoms with van der Waals surface area (Å²) in [4.78, 5) is 13.7. The Labute approximate surface area is 124 Å². The Morgan fingerprint density at radius 3 is 2.57 bits per heavy atom. The number of amides is 2. The van der Waals surface area contributed by atoms with Crippen molar-refractivity contribution in [1.29, 1.82) is 0 Å². The number of likely N-dealkylation sites (tertiary alicyclic amines) is 1. The number of urea groups is 1. The number of carbonyl (C=O) groups excluding carboxylic acids is 1. The SMILES string of the molecule is C=C1CN(C(=O)NC2CC=C(c3ccc(F)cc3)CC2)C1. The van der Waals surface area contributed by atoms with Crippen molar-refractivity contribution in [1.82, 2.24) is 10.2 Å². The molecule has 0 aromatic heterocycles. The van der Waals surface area contributed by atoms with Gasteiger partial charge in [0.1, 0.15) is 5.82 Å². The summed E-state index contributed by atoms with van der Waals surface area (Å²) >= 11 is 0. The van der Waals surface area contributed by atoms with Gasteiger partial charge in [0.25, 0.3) is 0 Å². The van der Waals surface area contributed by atoms with Crippen LogP contribution in [0.2, 0.25) is 0 Å². The highest BCUT2D eigenvalue weighted by atomic mass is 19.1. The van der Waals surface area contributed by atoms with Crippen molar-refractivity contribution < 1.29 is 9.18 Å². The molecule has 1 saturated heterocycles. The molecule has 0 radical (unpaired) electrons. The number of rotatable bonds is 2. The number of nitrogens with one attached hydrogen (secondary N) is 1. The van der Waals surface area contributed by atoms with Crippen molar-refractivity contribution in [2.45, 2.75) is 25.3 Å². The van der Waals surface area contributed by atoms with Gasteiger partial charge in [-0.3, -0.25) is 0 Å². The summed E-state index contributed by atoms with van der Waals surface area (Å²) in [6.45, 7) is 5.18. The fraction of sp³-hybridized carbons (Fsp3) is 0.353. The van der Waals surface area contributed by atoms with E-state index in [2.05, 4.69) is 18.0 Å². The molecule has 1 N–H and O–H groups in total. The molecule has 3 nitrogen and oxygen atoms in total. The third-order valence-electron chi connectivity index (χ3n) is 4.07. The molecular formula is C17H19FN2O. The van der Waals surface area contributed by atoms with E-state index in [0.29, 0.717) is 13.1 Å². The van der Waals surface area contributed by atoms with E-state index in [0.717, 1.165) is 30.4 Å². The van der Waals surface area contributed by atoms with E-state index >= 15 is 0 Å². The van der Waals surface area contributed by atoms with Gasteiger partial charge in [0.15, 0.2) is 0 Å². The van der Waals surface area contributed by atoms with Crippen molar-refractivity contribution in [3.8, 4) is 0 Å². The summed E-state index contributed by atoms with van der Waals surface area (Å²) in [5, 5.41) is 3.06. The monoisotopic (exact) mass is 286 g/mol. The molecule has 4 heteroatoms. The summed E-state index contributed by atoms with van der Waals surface area (Å²) in [6, 6.07) is 6.79. The summed E-state index contributed by atoms with van der Waals surface area (Å²) in [6.07, 6.45) is 4.80. The first-order chi connectivity index (χ1) is 10.1. The summed E-state index contributed by atoms with van der Waals surface area (Å²) in [7, 11) is 0. The summed E-state index contributed by atoms with van der Waals surface area (Å²) in [5.74, 6) is -0.212. The molecular weight excluding hydrogens is 267 g/mol. The highest BCUT2D eigenvalue weighted by Crippen LogP contribution is 2.27. The molecule has 1 aliphatic carbocycles. The van der Waals surface area contributed by atoms with Crippen LogP contribution in [-0.4, -0.2) is 30.1 Å². The zero-order valence-corrected chi connectivity index (χ0v) is 11.9. The standard InChI is InChI=1S/C17H19FN2O/c1-12-10-20(11-12)17(21)19-16-8-4-14(5-9-16)13-2-6-15(18)7-3-13/h2-4,6-7,16H,1,5,8-11H2,(H,19,21). The van der Waals surface area contributed by atoms with Gasteiger partial charge in [-0.1, -0.05) is 24.8 Å². The first-order valence-corrected chi connectivity index (χ1v) is 7.29. The summed E-state index contributed by atoms with van der Waals surface area (Å²) < 4.78 is 12.9. The highest BCUT2D eigenvalue weighted by Gasteiger charge is 2.26. The van der Waals surface area contributed by atoms with Gasteiger partial charge in [-0.25, -0.2) is 9.18 Å². The fourth-order valence-corrected chi connectivity index (χ4v) is 2.79. The van der Waals surface area contributed by atoms with Crippen LogP contribution in [0.5, 0.6) is 0 Å². The van der Waals surface area contributed by atoms with Crippen molar-refractivity contribution in [2.75, 3.05) is 13.1 Å². The molecule has 1 aromatic rings. The van der Waals surface area contributed by atoms with Crippen LogP contribution < -0.4 is 5.32 Å². The topological polar surface area (TPSA) is 32.3 Å². The Hall–Kier alpha value is -2.10. The molecule has 0 saturated carbocycles.